The Morgan fingerprint density at radius 2 is 1.86 bits per heavy atom. The summed E-state index contributed by atoms with van der Waals surface area (Å²) in [4.78, 5) is 11.0. The number of hydrogen-bond donors (Lipinski definition) is 3. The van der Waals surface area contributed by atoms with E-state index < -0.39 is 5.91 Å². The van der Waals surface area contributed by atoms with Crippen molar-refractivity contribution in [1.29, 1.82) is 0 Å². The molecule has 4 heteroatoms. The van der Waals surface area contributed by atoms with Gasteiger partial charge in [0.2, 0.25) is 0 Å². The Hall–Kier alpha value is -1.55. The van der Waals surface area contributed by atoms with Gasteiger partial charge in [0.1, 0.15) is 0 Å². The second kappa shape index (κ2) is 4.62. The fourth-order valence-electron chi connectivity index (χ4n) is 1.12. The summed E-state index contributed by atoms with van der Waals surface area (Å²) in [5.41, 5.74) is 2.97. The summed E-state index contributed by atoms with van der Waals surface area (Å²) in [6, 6.07) is 7.24. The van der Waals surface area contributed by atoms with Crippen molar-refractivity contribution < 1.29 is 10.0 Å². The zero-order valence-electron chi connectivity index (χ0n) is 8.24. The van der Waals surface area contributed by atoms with Gasteiger partial charge in [0.05, 0.1) is 0 Å². The molecule has 0 unspecified atom stereocenters. The van der Waals surface area contributed by atoms with Crippen LogP contribution in [0.1, 0.15) is 24.2 Å². The fourth-order valence-corrected chi connectivity index (χ4v) is 1.12. The summed E-state index contributed by atoms with van der Waals surface area (Å²) in [6.07, 6.45) is 0. The summed E-state index contributed by atoms with van der Waals surface area (Å²) in [5.74, 6) is -0.499. The summed E-state index contributed by atoms with van der Waals surface area (Å²) < 4.78 is 0. The van der Waals surface area contributed by atoms with Crippen LogP contribution in [0.4, 0.5) is 5.69 Å². The van der Waals surface area contributed by atoms with Crippen LogP contribution < -0.4 is 10.8 Å². The van der Waals surface area contributed by atoms with Crippen LogP contribution in [0.5, 0.6) is 0 Å². The highest BCUT2D eigenvalue weighted by molar-refractivity contribution is 5.93. The quantitative estimate of drug-likeness (QED) is 0.506. The van der Waals surface area contributed by atoms with Crippen LogP contribution in [0, 0.1) is 0 Å². The third-order valence-electron chi connectivity index (χ3n) is 1.70. The van der Waals surface area contributed by atoms with E-state index in [-0.39, 0.29) is 0 Å². The minimum Gasteiger partial charge on any atom is -0.383 e. The number of hydroxylamine groups is 1. The Kier molecular flexibility index (Phi) is 3.48. The smallest absolute Gasteiger partial charge is 0.274 e. The van der Waals surface area contributed by atoms with Gasteiger partial charge in [-0.1, -0.05) is 0 Å². The normalized spacial score (nSPS) is 10.0. The molecular formula is C10H14N2O2. The highest BCUT2D eigenvalue weighted by Gasteiger charge is 2.02. The van der Waals surface area contributed by atoms with Gasteiger partial charge >= 0.3 is 0 Å². The summed E-state index contributed by atoms with van der Waals surface area (Å²) in [7, 11) is 0. The monoisotopic (exact) mass is 194 g/mol. The maximum absolute atomic E-state index is 11.0. The SMILES string of the molecule is CC(C)Nc1ccc(C(=O)NO)cc1. The molecule has 0 radical (unpaired) electrons. The van der Waals surface area contributed by atoms with Gasteiger partial charge in [0, 0.05) is 17.3 Å². The number of carbonyl (C=O) groups is 1. The Morgan fingerprint density at radius 1 is 1.29 bits per heavy atom. The van der Waals surface area contributed by atoms with Gasteiger partial charge in [-0.15, -0.1) is 0 Å². The maximum Gasteiger partial charge on any atom is 0.274 e. The molecule has 0 saturated heterocycles. The number of anilines is 1. The number of amides is 1. The largest absolute Gasteiger partial charge is 0.383 e. The van der Waals surface area contributed by atoms with E-state index in [1.54, 1.807) is 29.7 Å². The molecule has 0 saturated carbocycles. The predicted octanol–water partition coefficient (Wildman–Crippen LogP) is 1.63. The molecule has 1 aromatic carbocycles. The molecule has 0 heterocycles. The van der Waals surface area contributed by atoms with Crippen LogP contribution in [-0.2, 0) is 0 Å². The number of carbonyl (C=O) groups excluding carboxylic acids is 1. The lowest BCUT2D eigenvalue weighted by Gasteiger charge is -2.09. The first-order chi connectivity index (χ1) is 6.63. The van der Waals surface area contributed by atoms with Gasteiger partial charge in [-0.05, 0) is 38.1 Å². The van der Waals surface area contributed by atoms with E-state index in [9.17, 15) is 4.79 Å². The Bertz CT molecular complexity index is 306. The first-order valence-electron chi connectivity index (χ1n) is 4.44. The van der Waals surface area contributed by atoms with Gasteiger partial charge in [-0.3, -0.25) is 10.0 Å². The Balaban J connectivity index is 2.73. The van der Waals surface area contributed by atoms with Crippen molar-refractivity contribution in [2.75, 3.05) is 5.32 Å². The van der Waals surface area contributed by atoms with E-state index >= 15 is 0 Å². The molecule has 1 amide bonds. The van der Waals surface area contributed by atoms with E-state index in [0.29, 0.717) is 11.6 Å². The number of hydrogen-bond acceptors (Lipinski definition) is 3. The van der Waals surface area contributed by atoms with Gasteiger partial charge in [0.25, 0.3) is 5.91 Å². The molecule has 76 valence electrons. The van der Waals surface area contributed by atoms with Gasteiger partial charge < -0.3 is 5.32 Å². The van der Waals surface area contributed by atoms with Gasteiger partial charge in [-0.2, -0.15) is 0 Å². The van der Waals surface area contributed by atoms with Crippen molar-refractivity contribution in [3.8, 4) is 0 Å². The molecule has 0 aliphatic rings. The fraction of sp³-hybridized carbons (Fsp3) is 0.300. The summed E-state index contributed by atoms with van der Waals surface area (Å²) in [6.45, 7) is 4.07. The minimum atomic E-state index is -0.499. The molecule has 1 rings (SSSR count). The molecule has 0 fully saturated rings. The van der Waals surface area contributed by atoms with Crippen LogP contribution in [0.25, 0.3) is 0 Å². The van der Waals surface area contributed by atoms with Crippen LogP contribution in [0.2, 0.25) is 0 Å². The molecule has 1 aromatic rings. The molecule has 14 heavy (non-hydrogen) atoms. The first kappa shape index (κ1) is 10.5. The highest BCUT2D eigenvalue weighted by atomic mass is 16.5. The molecule has 4 nitrogen and oxygen atoms in total. The molecule has 0 aliphatic heterocycles. The van der Waals surface area contributed by atoms with Crippen LogP contribution in [-0.4, -0.2) is 17.2 Å². The zero-order valence-corrected chi connectivity index (χ0v) is 8.24. The number of benzene rings is 1. The lowest BCUT2D eigenvalue weighted by molar-refractivity contribution is 0.0706. The van der Waals surface area contributed by atoms with Gasteiger partial charge in [-0.25, -0.2) is 5.48 Å². The molecule has 3 N–H and O–H groups in total. The van der Waals surface area contributed by atoms with E-state index in [1.165, 1.54) is 0 Å². The number of rotatable bonds is 3. The van der Waals surface area contributed by atoms with E-state index in [4.69, 9.17) is 5.21 Å². The topological polar surface area (TPSA) is 61.4 Å². The van der Waals surface area contributed by atoms with Crippen molar-refractivity contribution in [2.45, 2.75) is 19.9 Å². The van der Waals surface area contributed by atoms with Crippen molar-refractivity contribution >= 4 is 11.6 Å². The molecule has 0 spiro atoms. The molecule has 0 bridgehead atoms. The van der Waals surface area contributed by atoms with Crippen LogP contribution >= 0.6 is 0 Å². The van der Waals surface area contributed by atoms with E-state index in [0.717, 1.165) is 5.69 Å². The van der Waals surface area contributed by atoms with Crippen LogP contribution in [0.3, 0.4) is 0 Å². The Labute approximate surface area is 82.9 Å². The molecule has 0 atom stereocenters. The van der Waals surface area contributed by atoms with Gasteiger partial charge in [0.15, 0.2) is 0 Å². The van der Waals surface area contributed by atoms with E-state index in [1.807, 2.05) is 13.8 Å². The summed E-state index contributed by atoms with van der Waals surface area (Å²) >= 11 is 0. The maximum atomic E-state index is 11.0. The second-order valence-electron chi connectivity index (χ2n) is 3.32. The predicted molar refractivity (Wildman–Crippen MR) is 54.5 cm³/mol. The first-order valence-corrected chi connectivity index (χ1v) is 4.44. The number of nitrogens with one attached hydrogen (secondary N) is 2. The lowest BCUT2D eigenvalue weighted by Crippen LogP contribution is -2.18. The van der Waals surface area contributed by atoms with Crippen molar-refractivity contribution in [3.63, 3.8) is 0 Å². The average molecular weight is 194 g/mol. The molecular weight excluding hydrogens is 180 g/mol. The van der Waals surface area contributed by atoms with Crippen molar-refractivity contribution in [1.82, 2.24) is 5.48 Å². The highest BCUT2D eigenvalue weighted by Crippen LogP contribution is 2.10. The second-order valence-corrected chi connectivity index (χ2v) is 3.32. The zero-order chi connectivity index (χ0) is 10.6. The Morgan fingerprint density at radius 3 is 2.29 bits per heavy atom. The van der Waals surface area contributed by atoms with Crippen molar-refractivity contribution in [2.24, 2.45) is 0 Å². The lowest BCUT2D eigenvalue weighted by atomic mass is 10.2. The third kappa shape index (κ3) is 2.74. The minimum absolute atomic E-state index is 0.354. The van der Waals surface area contributed by atoms with Crippen molar-refractivity contribution in [3.05, 3.63) is 29.8 Å². The van der Waals surface area contributed by atoms with Crippen LogP contribution in [0.15, 0.2) is 24.3 Å². The molecule has 0 aromatic heterocycles. The standard InChI is InChI=1S/C10H14N2O2/c1-7(2)11-9-5-3-8(4-6-9)10(13)12-14/h3-7,11,14H,1-2H3,(H,12,13). The summed E-state index contributed by atoms with van der Waals surface area (Å²) in [5, 5.41) is 11.6. The third-order valence-corrected chi connectivity index (χ3v) is 1.70. The van der Waals surface area contributed by atoms with E-state index in [2.05, 4.69) is 5.32 Å². The average Bonchev–Trinajstić information content (AvgIpc) is 2.17. The molecule has 0 aliphatic carbocycles.